The largest absolute Gasteiger partial charge is 0.352 e. The van der Waals surface area contributed by atoms with E-state index in [1.54, 1.807) is 17.0 Å². The number of aryl methyl sites for hydroxylation is 2. The van der Waals surface area contributed by atoms with Crippen molar-refractivity contribution in [2.75, 3.05) is 44.6 Å². The molecule has 0 aromatic heterocycles. The van der Waals surface area contributed by atoms with Gasteiger partial charge in [0.1, 0.15) is 0 Å². The number of nitrogens with one attached hydrogen (secondary N) is 2. The smallest absolute Gasteiger partial charge is 0.251 e. The summed E-state index contributed by atoms with van der Waals surface area (Å²) in [5.74, 6) is -0.193. The lowest BCUT2D eigenvalue weighted by Gasteiger charge is -2.34. The molecule has 0 unspecified atom stereocenters. The normalized spacial score (nSPS) is 14.2. The van der Waals surface area contributed by atoms with Crippen LogP contribution in [-0.2, 0) is 9.59 Å². The highest BCUT2D eigenvalue weighted by Crippen LogP contribution is 2.19. The molecule has 0 bridgehead atoms. The Morgan fingerprint density at radius 1 is 0.871 bits per heavy atom. The number of piperazine rings is 1. The number of carbonyl (C=O) groups excluding carboxylic acids is 3. The van der Waals surface area contributed by atoms with Crippen molar-refractivity contribution >= 4 is 23.4 Å². The minimum Gasteiger partial charge on any atom is -0.352 e. The quantitative estimate of drug-likeness (QED) is 0.717. The van der Waals surface area contributed by atoms with Gasteiger partial charge in [0.2, 0.25) is 11.8 Å². The molecule has 31 heavy (non-hydrogen) atoms. The monoisotopic (exact) mass is 422 g/mol. The van der Waals surface area contributed by atoms with E-state index in [2.05, 4.69) is 15.5 Å². The van der Waals surface area contributed by atoms with E-state index in [1.165, 1.54) is 0 Å². The maximum absolute atomic E-state index is 12.4. The van der Waals surface area contributed by atoms with Crippen LogP contribution in [0, 0.1) is 13.8 Å². The van der Waals surface area contributed by atoms with Gasteiger partial charge < -0.3 is 15.5 Å². The molecule has 1 heterocycles. The van der Waals surface area contributed by atoms with Crippen LogP contribution in [-0.4, -0.2) is 66.8 Å². The van der Waals surface area contributed by atoms with E-state index < -0.39 is 0 Å². The van der Waals surface area contributed by atoms with Crippen LogP contribution >= 0.6 is 0 Å². The molecule has 3 rings (SSSR count). The summed E-state index contributed by atoms with van der Waals surface area (Å²) in [6.45, 7) is 7.06. The fraction of sp³-hybridized carbons (Fsp3) is 0.375. The molecule has 1 aliphatic heterocycles. The summed E-state index contributed by atoms with van der Waals surface area (Å²) < 4.78 is 0. The summed E-state index contributed by atoms with van der Waals surface area (Å²) in [7, 11) is 0. The second-order valence-corrected chi connectivity index (χ2v) is 7.84. The van der Waals surface area contributed by atoms with Crippen molar-refractivity contribution in [2.45, 2.75) is 20.3 Å². The number of anilines is 1. The Kier molecular flexibility index (Phi) is 7.78. The van der Waals surface area contributed by atoms with Crippen molar-refractivity contribution in [3.63, 3.8) is 0 Å². The lowest BCUT2D eigenvalue weighted by molar-refractivity contribution is -0.132. The highest BCUT2D eigenvalue weighted by atomic mass is 16.2. The first-order chi connectivity index (χ1) is 14.9. The average molecular weight is 423 g/mol. The molecule has 0 saturated carbocycles. The third-order valence-corrected chi connectivity index (χ3v) is 5.50. The number of hydrogen-bond acceptors (Lipinski definition) is 4. The number of para-hydroxylation sites is 1. The summed E-state index contributed by atoms with van der Waals surface area (Å²) >= 11 is 0. The Morgan fingerprint density at radius 2 is 1.52 bits per heavy atom. The number of amides is 3. The number of carbonyl (C=O) groups is 3. The van der Waals surface area contributed by atoms with Crippen LogP contribution in [0.5, 0.6) is 0 Å². The van der Waals surface area contributed by atoms with Gasteiger partial charge in [0, 0.05) is 50.4 Å². The molecule has 1 saturated heterocycles. The SMILES string of the molecule is Cc1cccc(C)c1NC(=O)CN1CCN(C(=O)CCNC(=O)c2ccccc2)CC1. The second-order valence-electron chi connectivity index (χ2n) is 7.84. The molecular weight excluding hydrogens is 392 g/mol. The predicted molar refractivity (Wildman–Crippen MR) is 121 cm³/mol. The number of rotatable bonds is 7. The van der Waals surface area contributed by atoms with Crippen LogP contribution in [0.3, 0.4) is 0 Å². The molecule has 164 valence electrons. The average Bonchev–Trinajstić information content (AvgIpc) is 2.77. The maximum atomic E-state index is 12.4. The van der Waals surface area contributed by atoms with E-state index in [0.717, 1.165) is 16.8 Å². The van der Waals surface area contributed by atoms with Gasteiger partial charge in [-0.15, -0.1) is 0 Å². The third-order valence-electron chi connectivity index (χ3n) is 5.50. The van der Waals surface area contributed by atoms with Crippen molar-refractivity contribution in [3.8, 4) is 0 Å². The molecule has 2 aromatic carbocycles. The zero-order valence-corrected chi connectivity index (χ0v) is 18.2. The molecule has 3 amide bonds. The van der Waals surface area contributed by atoms with Gasteiger partial charge in [-0.2, -0.15) is 0 Å². The van der Waals surface area contributed by atoms with Crippen LogP contribution in [0.25, 0.3) is 0 Å². The maximum Gasteiger partial charge on any atom is 0.251 e. The molecule has 0 atom stereocenters. The molecule has 2 N–H and O–H groups in total. The summed E-state index contributed by atoms with van der Waals surface area (Å²) in [6, 6.07) is 14.9. The predicted octanol–water partition coefficient (Wildman–Crippen LogP) is 2.21. The minimum atomic E-state index is -0.173. The highest BCUT2D eigenvalue weighted by molar-refractivity contribution is 5.94. The lowest BCUT2D eigenvalue weighted by Crippen LogP contribution is -2.50. The molecule has 1 aliphatic rings. The molecule has 0 spiro atoms. The van der Waals surface area contributed by atoms with Crippen molar-refractivity contribution in [3.05, 3.63) is 65.2 Å². The Hall–Kier alpha value is -3.19. The standard InChI is InChI=1S/C24H30N4O3/c1-18-7-6-8-19(2)23(18)26-21(29)17-27-13-15-28(16-14-27)22(30)11-12-25-24(31)20-9-4-3-5-10-20/h3-10H,11-17H2,1-2H3,(H,25,31)(H,26,29). The lowest BCUT2D eigenvalue weighted by atomic mass is 10.1. The number of benzene rings is 2. The zero-order valence-electron chi connectivity index (χ0n) is 18.2. The van der Waals surface area contributed by atoms with Crippen molar-refractivity contribution in [1.82, 2.24) is 15.1 Å². The van der Waals surface area contributed by atoms with E-state index >= 15 is 0 Å². The summed E-state index contributed by atoms with van der Waals surface area (Å²) in [5.41, 5.74) is 3.55. The van der Waals surface area contributed by atoms with Gasteiger partial charge in [0.05, 0.1) is 6.54 Å². The highest BCUT2D eigenvalue weighted by Gasteiger charge is 2.22. The van der Waals surface area contributed by atoms with E-state index in [0.29, 0.717) is 44.8 Å². The molecule has 2 aromatic rings. The van der Waals surface area contributed by atoms with E-state index in [4.69, 9.17) is 0 Å². The first-order valence-corrected chi connectivity index (χ1v) is 10.6. The van der Waals surface area contributed by atoms with E-state index in [1.807, 2.05) is 50.2 Å². The van der Waals surface area contributed by atoms with E-state index in [-0.39, 0.29) is 24.1 Å². The van der Waals surface area contributed by atoms with Crippen LogP contribution in [0.4, 0.5) is 5.69 Å². The fourth-order valence-corrected chi connectivity index (χ4v) is 3.68. The minimum absolute atomic E-state index is 0.0213. The zero-order chi connectivity index (χ0) is 22.2. The Balaban J connectivity index is 1.37. The molecule has 0 aliphatic carbocycles. The number of hydrogen-bond donors (Lipinski definition) is 2. The van der Waals surface area contributed by atoms with Gasteiger partial charge in [-0.25, -0.2) is 0 Å². The summed E-state index contributed by atoms with van der Waals surface area (Å²) in [6.07, 6.45) is 0.269. The molecule has 0 radical (unpaired) electrons. The van der Waals surface area contributed by atoms with Crippen LogP contribution in [0.15, 0.2) is 48.5 Å². The first-order valence-electron chi connectivity index (χ1n) is 10.6. The molecule has 7 heteroatoms. The van der Waals surface area contributed by atoms with Crippen molar-refractivity contribution < 1.29 is 14.4 Å². The van der Waals surface area contributed by atoms with Crippen molar-refractivity contribution in [2.24, 2.45) is 0 Å². The molecule has 7 nitrogen and oxygen atoms in total. The van der Waals surface area contributed by atoms with Crippen LogP contribution < -0.4 is 10.6 Å². The fourth-order valence-electron chi connectivity index (χ4n) is 3.68. The summed E-state index contributed by atoms with van der Waals surface area (Å²) in [4.78, 5) is 40.8. The Morgan fingerprint density at radius 3 is 2.16 bits per heavy atom. The molecule has 1 fully saturated rings. The van der Waals surface area contributed by atoms with Gasteiger partial charge in [0.15, 0.2) is 0 Å². The second kappa shape index (κ2) is 10.7. The van der Waals surface area contributed by atoms with Gasteiger partial charge in [-0.3, -0.25) is 19.3 Å². The van der Waals surface area contributed by atoms with E-state index in [9.17, 15) is 14.4 Å². The van der Waals surface area contributed by atoms with Gasteiger partial charge in [0.25, 0.3) is 5.91 Å². The van der Waals surface area contributed by atoms with Crippen LogP contribution in [0.1, 0.15) is 27.9 Å². The van der Waals surface area contributed by atoms with Gasteiger partial charge >= 0.3 is 0 Å². The van der Waals surface area contributed by atoms with Crippen molar-refractivity contribution in [1.29, 1.82) is 0 Å². The van der Waals surface area contributed by atoms with Crippen LogP contribution in [0.2, 0.25) is 0 Å². The number of nitrogens with zero attached hydrogens (tertiary/aromatic N) is 2. The van der Waals surface area contributed by atoms with Gasteiger partial charge in [-0.1, -0.05) is 36.4 Å². The molecular formula is C24H30N4O3. The Labute approximate surface area is 183 Å². The topological polar surface area (TPSA) is 81.8 Å². The van der Waals surface area contributed by atoms with Gasteiger partial charge in [-0.05, 0) is 37.1 Å². The summed E-state index contributed by atoms with van der Waals surface area (Å²) in [5, 5.41) is 5.80. The Bertz CT molecular complexity index is 901. The third kappa shape index (κ3) is 6.39. The first kappa shape index (κ1) is 22.5.